The van der Waals surface area contributed by atoms with Crippen molar-refractivity contribution < 1.29 is 4.79 Å². The van der Waals surface area contributed by atoms with E-state index < -0.39 is 0 Å². The molecule has 0 unspecified atom stereocenters. The average molecular weight is 260 g/mol. The predicted molar refractivity (Wildman–Crippen MR) is 78.2 cm³/mol. The van der Waals surface area contributed by atoms with Crippen LogP contribution >= 0.6 is 0 Å². The van der Waals surface area contributed by atoms with Gasteiger partial charge < -0.3 is 10.2 Å². The molecule has 1 heterocycles. The monoisotopic (exact) mass is 260 g/mol. The molecule has 0 saturated carbocycles. The summed E-state index contributed by atoms with van der Waals surface area (Å²) in [7, 11) is 0. The van der Waals surface area contributed by atoms with Crippen molar-refractivity contribution in [2.75, 3.05) is 13.1 Å². The molecule has 0 aliphatic carbocycles. The van der Waals surface area contributed by atoms with Gasteiger partial charge in [0.15, 0.2) is 0 Å². The predicted octanol–water partition coefficient (Wildman–Crippen LogP) is 3.20. The highest BCUT2D eigenvalue weighted by molar-refractivity contribution is 5.75. The smallest absolute Gasteiger partial charge is 0.317 e. The molecule has 0 atom stereocenters. The first-order valence-electron chi connectivity index (χ1n) is 7.19. The lowest BCUT2D eigenvalue weighted by Crippen LogP contribution is -2.54. The lowest BCUT2D eigenvalue weighted by molar-refractivity contribution is 0.103. The van der Waals surface area contributed by atoms with E-state index in [1.807, 2.05) is 23.1 Å². The summed E-state index contributed by atoms with van der Waals surface area (Å²) in [6.07, 6.45) is 4.33. The topological polar surface area (TPSA) is 32.3 Å². The Hall–Kier alpha value is -1.51. The van der Waals surface area contributed by atoms with E-state index >= 15 is 0 Å². The Morgan fingerprint density at radius 3 is 2.68 bits per heavy atom. The first-order chi connectivity index (χ1) is 9.09. The van der Waals surface area contributed by atoms with Crippen LogP contribution in [0.3, 0.4) is 0 Å². The number of hydrogen-bond acceptors (Lipinski definition) is 1. The van der Waals surface area contributed by atoms with E-state index in [2.05, 4.69) is 31.3 Å². The zero-order valence-electron chi connectivity index (χ0n) is 12.0. The largest absolute Gasteiger partial charge is 0.338 e. The highest BCUT2D eigenvalue weighted by Crippen LogP contribution is 2.26. The maximum absolute atomic E-state index is 12.2. The molecule has 104 valence electrons. The van der Waals surface area contributed by atoms with Gasteiger partial charge in [-0.1, -0.05) is 30.3 Å². The van der Waals surface area contributed by atoms with Gasteiger partial charge in [0.2, 0.25) is 0 Å². The number of nitrogens with zero attached hydrogens (tertiary/aromatic N) is 1. The number of carbonyl (C=O) groups excluding carboxylic acids is 1. The summed E-state index contributed by atoms with van der Waals surface area (Å²) in [4.78, 5) is 14.2. The van der Waals surface area contributed by atoms with Gasteiger partial charge in [-0.25, -0.2) is 4.79 Å². The third-order valence-corrected chi connectivity index (χ3v) is 3.93. The first-order valence-corrected chi connectivity index (χ1v) is 7.19. The Bertz CT molecular complexity index is 414. The lowest BCUT2D eigenvalue weighted by Gasteiger charge is -2.42. The molecule has 0 bridgehead atoms. The minimum atomic E-state index is -0.00488. The fourth-order valence-corrected chi connectivity index (χ4v) is 2.70. The van der Waals surface area contributed by atoms with Crippen LogP contribution in [0.4, 0.5) is 4.79 Å². The zero-order valence-corrected chi connectivity index (χ0v) is 12.0. The van der Waals surface area contributed by atoms with Gasteiger partial charge in [0.25, 0.3) is 0 Å². The van der Waals surface area contributed by atoms with Gasteiger partial charge in [-0.15, -0.1) is 0 Å². The Morgan fingerprint density at radius 2 is 2.00 bits per heavy atom. The van der Waals surface area contributed by atoms with Crippen LogP contribution < -0.4 is 5.32 Å². The summed E-state index contributed by atoms with van der Waals surface area (Å²) in [5.74, 6) is 0. The molecule has 3 nitrogen and oxygen atoms in total. The van der Waals surface area contributed by atoms with E-state index in [0.717, 1.165) is 25.8 Å². The standard InChI is InChI=1S/C16H24N2O/c1-16(2)11-6-7-13-18(16)15(19)17-12-10-14-8-4-3-5-9-14/h3-5,8-9H,6-7,10-13H2,1-2H3,(H,17,19). The lowest BCUT2D eigenvalue weighted by atomic mass is 9.91. The van der Waals surface area contributed by atoms with Crippen molar-refractivity contribution in [3.63, 3.8) is 0 Å². The number of piperidine rings is 1. The van der Waals surface area contributed by atoms with Crippen LogP contribution in [0.15, 0.2) is 30.3 Å². The Balaban J connectivity index is 1.81. The van der Waals surface area contributed by atoms with Crippen molar-refractivity contribution >= 4 is 6.03 Å². The second-order valence-electron chi connectivity index (χ2n) is 5.89. The highest BCUT2D eigenvalue weighted by atomic mass is 16.2. The third-order valence-electron chi connectivity index (χ3n) is 3.93. The fourth-order valence-electron chi connectivity index (χ4n) is 2.70. The van der Waals surface area contributed by atoms with E-state index in [1.54, 1.807) is 0 Å². The summed E-state index contributed by atoms with van der Waals surface area (Å²) in [5.41, 5.74) is 1.26. The molecule has 1 aliphatic rings. The SMILES string of the molecule is CC1(C)CCCCN1C(=O)NCCc1ccccc1. The Morgan fingerprint density at radius 1 is 1.26 bits per heavy atom. The minimum absolute atomic E-state index is 0.00488. The summed E-state index contributed by atoms with van der Waals surface area (Å²) in [6, 6.07) is 10.3. The highest BCUT2D eigenvalue weighted by Gasteiger charge is 2.32. The molecule has 2 rings (SSSR count). The van der Waals surface area contributed by atoms with Crippen molar-refractivity contribution in [1.82, 2.24) is 10.2 Å². The van der Waals surface area contributed by atoms with E-state index in [4.69, 9.17) is 0 Å². The number of rotatable bonds is 3. The molecule has 1 aliphatic heterocycles. The maximum Gasteiger partial charge on any atom is 0.317 e. The second kappa shape index (κ2) is 6.09. The van der Waals surface area contributed by atoms with Gasteiger partial charge in [-0.05, 0) is 45.1 Å². The maximum atomic E-state index is 12.2. The Kier molecular flexibility index (Phi) is 4.46. The number of likely N-dealkylation sites (tertiary alicyclic amines) is 1. The molecule has 3 heteroatoms. The van der Waals surface area contributed by atoms with Crippen molar-refractivity contribution in [2.45, 2.75) is 45.1 Å². The van der Waals surface area contributed by atoms with Crippen molar-refractivity contribution in [3.8, 4) is 0 Å². The van der Waals surface area contributed by atoms with Crippen LogP contribution in [0, 0.1) is 0 Å². The molecule has 0 spiro atoms. The van der Waals surface area contributed by atoms with Crippen LogP contribution in [-0.4, -0.2) is 29.6 Å². The van der Waals surface area contributed by atoms with Gasteiger partial charge in [0.05, 0.1) is 0 Å². The average Bonchev–Trinajstić information content (AvgIpc) is 2.39. The number of carbonyl (C=O) groups is 1. The van der Waals surface area contributed by atoms with Gasteiger partial charge in [0.1, 0.15) is 0 Å². The fraction of sp³-hybridized carbons (Fsp3) is 0.562. The molecule has 1 aromatic rings. The second-order valence-corrected chi connectivity index (χ2v) is 5.89. The normalized spacial score (nSPS) is 18.1. The summed E-state index contributed by atoms with van der Waals surface area (Å²) in [5, 5.41) is 3.04. The van der Waals surface area contributed by atoms with Crippen LogP contribution in [0.2, 0.25) is 0 Å². The van der Waals surface area contributed by atoms with Crippen molar-refractivity contribution in [1.29, 1.82) is 0 Å². The number of nitrogens with one attached hydrogen (secondary N) is 1. The zero-order chi connectivity index (χ0) is 13.7. The van der Waals surface area contributed by atoms with E-state index in [0.29, 0.717) is 6.54 Å². The van der Waals surface area contributed by atoms with Crippen LogP contribution in [0.25, 0.3) is 0 Å². The molecule has 2 amide bonds. The number of urea groups is 1. The summed E-state index contributed by atoms with van der Waals surface area (Å²) >= 11 is 0. The molecule has 1 aromatic carbocycles. The molecule has 0 aromatic heterocycles. The number of hydrogen-bond donors (Lipinski definition) is 1. The first kappa shape index (κ1) is 13.9. The van der Waals surface area contributed by atoms with Crippen molar-refractivity contribution in [3.05, 3.63) is 35.9 Å². The Labute approximate surface area is 116 Å². The molecular weight excluding hydrogens is 236 g/mol. The summed E-state index contributed by atoms with van der Waals surface area (Å²) < 4.78 is 0. The molecule has 1 fully saturated rings. The van der Waals surface area contributed by atoms with Crippen molar-refractivity contribution in [2.24, 2.45) is 0 Å². The van der Waals surface area contributed by atoms with Gasteiger partial charge in [-0.3, -0.25) is 0 Å². The van der Waals surface area contributed by atoms with Crippen LogP contribution in [0.5, 0.6) is 0 Å². The van der Waals surface area contributed by atoms with Gasteiger partial charge in [-0.2, -0.15) is 0 Å². The minimum Gasteiger partial charge on any atom is -0.338 e. The van der Waals surface area contributed by atoms with E-state index in [-0.39, 0.29) is 11.6 Å². The van der Waals surface area contributed by atoms with Crippen LogP contribution in [-0.2, 0) is 6.42 Å². The van der Waals surface area contributed by atoms with Gasteiger partial charge in [0, 0.05) is 18.6 Å². The number of amides is 2. The molecule has 1 saturated heterocycles. The van der Waals surface area contributed by atoms with Crippen LogP contribution in [0.1, 0.15) is 38.7 Å². The van der Waals surface area contributed by atoms with Gasteiger partial charge >= 0.3 is 6.03 Å². The molecule has 1 N–H and O–H groups in total. The van der Waals surface area contributed by atoms with E-state index in [9.17, 15) is 4.79 Å². The summed E-state index contributed by atoms with van der Waals surface area (Å²) in [6.45, 7) is 5.89. The quantitative estimate of drug-likeness (QED) is 0.889. The third kappa shape index (κ3) is 3.72. The molecular formula is C16H24N2O. The molecule has 19 heavy (non-hydrogen) atoms. The number of benzene rings is 1. The molecule has 0 radical (unpaired) electrons. The van der Waals surface area contributed by atoms with E-state index in [1.165, 1.54) is 12.0 Å².